The van der Waals surface area contributed by atoms with Crippen LogP contribution in [-0.2, 0) is 6.42 Å². The van der Waals surface area contributed by atoms with Crippen molar-refractivity contribution in [1.29, 1.82) is 0 Å². The largest absolute Gasteiger partial charge is 0.252 e. The van der Waals surface area contributed by atoms with Crippen molar-refractivity contribution in [2.24, 2.45) is 0 Å². The van der Waals surface area contributed by atoms with Crippen molar-refractivity contribution in [2.45, 2.75) is 6.42 Å². The Labute approximate surface area is 218 Å². The average Bonchev–Trinajstić information content (AvgIpc) is 2.98. The maximum absolute atomic E-state index is 4.99. The van der Waals surface area contributed by atoms with Gasteiger partial charge >= 0.3 is 0 Å². The zero-order valence-electron chi connectivity index (χ0n) is 20.5. The van der Waals surface area contributed by atoms with Gasteiger partial charge in [-0.15, -0.1) is 0 Å². The predicted molar refractivity (Wildman–Crippen MR) is 153 cm³/mol. The molecule has 0 fully saturated rings. The Bertz CT molecular complexity index is 1510. The first-order chi connectivity index (χ1) is 18.3. The van der Waals surface area contributed by atoms with Crippen LogP contribution in [0.2, 0.25) is 0 Å². The first-order valence-corrected chi connectivity index (χ1v) is 12.6. The smallest absolute Gasteiger partial charge is 0.0705 e. The van der Waals surface area contributed by atoms with Gasteiger partial charge in [-0.05, 0) is 58.7 Å². The summed E-state index contributed by atoms with van der Waals surface area (Å²) in [5, 5.41) is 0. The highest BCUT2D eigenvalue weighted by molar-refractivity contribution is 5.72. The Kier molecular flexibility index (Phi) is 6.38. The van der Waals surface area contributed by atoms with Crippen LogP contribution in [0.15, 0.2) is 146 Å². The number of hydrogen-bond donors (Lipinski definition) is 0. The lowest BCUT2D eigenvalue weighted by Gasteiger charge is -2.09. The lowest BCUT2D eigenvalue weighted by Crippen LogP contribution is -1.97. The van der Waals surface area contributed by atoms with E-state index < -0.39 is 0 Å². The molecule has 0 aliphatic carbocycles. The van der Waals surface area contributed by atoms with Gasteiger partial charge in [0.15, 0.2) is 0 Å². The summed E-state index contributed by atoms with van der Waals surface area (Å²) in [6.45, 7) is 0. The maximum Gasteiger partial charge on any atom is 0.0705 e. The van der Waals surface area contributed by atoms with E-state index in [2.05, 4.69) is 133 Å². The summed E-state index contributed by atoms with van der Waals surface area (Å²) in [4.78, 5) is 9.98. The molecule has 6 rings (SSSR count). The number of rotatable bonds is 6. The van der Waals surface area contributed by atoms with E-state index in [0.717, 1.165) is 33.9 Å². The van der Waals surface area contributed by atoms with Crippen LogP contribution in [0.25, 0.3) is 44.8 Å². The Hall–Kier alpha value is -4.82. The molecule has 0 aliphatic rings. The fourth-order valence-corrected chi connectivity index (χ4v) is 4.64. The van der Waals surface area contributed by atoms with Gasteiger partial charge in [-0.3, -0.25) is 9.97 Å². The van der Waals surface area contributed by atoms with Crippen LogP contribution in [0.3, 0.4) is 0 Å². The number of benzene rings is 4. The summed E-state index contributed by atoms with van der Waals surface area (Å²) in [7, 11) is 0. The average molecular weight is 475 g/mol. The zero-order chi connectivity index (χ0) is 24.9. The van der Waals surface area contributed by atoms with Gasteiger partial charge in [0.2, 0.25) is 0 Å². The van der Waals surface area contributed by atoms with Crippen LogP contribution < -0.4 is 0 Å². The van der Waals surface area contributed by atoms with Gasteiger partial charge in [-0.1, -0.05) is 109 Å². The van der Waals surface area contributed by atoms with E-state index in [4.69, 9.17) is 9.97 Å². The quantitative estimate of drug-likeness (QED) is 0.241. The summed E-state index contributed by atoms with van der Waals surface area (Å²) in [6.07, 6.45) is 0.679. The predicted octanol–water partition coefficient (Wildman–Crippen LogP) is 8.74. The highest BCUT2D eigenvalue weighted by atomic mass is 14.7. The molecule has 0 amide bonds. The highest BCUT2D eigenvalue weighted by Crippen LogP contribution is 2.27. The molecule has 176 valence electrons. The van der Waals surface area contributed by atoms with E-state index in [0.29, 0.717) is 6.42 Å². The number of hydrogen-bond acceptors (Lipinski definition) is 2. The van der Waals surface area contributed by atoms with E-state index in [1.165, 1.54) is 22.3 Å². The second-order valence-electron chi connectivity index (χ2n) is 9.10. The summed E-state index contributed by atoms with van der Waals surface area (Å²) in [5.74, 6) is 0. The van der Waals surface area contributed by atoms with Gasteiger partial charge in [0.05, 0.1) is 11.4 Å². The molecule has 37 heavy (non-hydrogen) atoms. The second kappa shape index (κ2) is 10.4. The van der Waals surface area contributed by atoms with Crippen LogP contribution in [0.4, 0.5) is 0 Å². The van der Waals surface area contributed by atoms with Crippen molar-refractivity contribution in [3.8, 4) is 44.8 Å². The maximum atomic E-state index is 4.99. The van der Waals surface area contributed by atoms with Gasteiger partial charge in [-0.2, -0.15) is 0 Å². The molecule has 0 atom stereocenters. The Morgan fingerprint density at radius 1 is 0.324 bits per heavy atom. The van der Waals surface area contributed by atoms with Crippen molar-refractivity contribution < 1.29 is 0 Å². The summed E-state index contributed by atoms with van der Waals surface area (Å²) >= 11 is 0. The van der Waals surface area contributed by atoms with Gasteiger partial charge < -0.3 is 0 Å². The molecule has 2 nitrogen and oxygen atoms in total. The Morgan fingerprint density at radius 3 is 1.16 bits per heavy atom. The topological polar surface area (TPSA) is 25.8 Å². The fraction of sp³-hybridized carbons (Fsp3) is 0.0286. The SMILES string of the molecule is c1ccc(-c2cccc(-c3cccc(Cc4cccc(-c5cccc(-c6ccccc6)c5)n4)n3)c2)cc1. The van der Waals surface area contributed by atoms with Gasteiger partial charge in [0.25, 0.3) is 0 Å². The minimum Gasteiger partial charge on any atom is -0.252 e. The van der Waals surface area contributed by atoms with Crippen LogP contribution in [0.5, 0.6) is 0 Å². The zero-order valence-corrected chi connectivity index (χ0v) is 20.5. The molecule has 0 saturated heterocycles. The Balaban J connectivity index is 1.26. The molecule has 2 heterocycles. The molecule has 6 aromatic rings. The molecule has 0 spiro atoms. The van der Waals surface area contributed by atoms with Crippen LogP contribution in [-0.4, -0.2) is 9.97 Å². The van der Waals surface area contributed by atoms with Gasteiger partial charge in [-0.25, -0.2) is 0 Å². The third-order valence-electron chi connectivity index (χ3n) is 6.51. The van der Waals surface area contributed by atoms with Crippen LogP contribution in [0.1, 0.15) is 11.4 Å². The molecular formula is C35H26N2. The minimum absolute atomic E-state index is 0.679. The van der Waals surface area contributed by atoms with Crippen molar-refractivity contribution >= 4 is 0 Å². The van der Waals surface area contributed by atoms with E-state index in [1.807, 2.05) is 12.1 Å². The number of nitrogens with zero attached hydrogens (tertiary/aromatic N) is 2. The van der Waals surface area contributed by atoms with E-state index in [9.17, 15) is 0 Å². The van der Waals surface area contributed by atoms with Crippen molar-refractivity contribution in [3.63, 3.8) is 0 Å². The standard InChI is InChI=1S/C35H26N2/c1-3-11-26(12-4-1)28-15-7-17-30(23-28)34-21-9-19-32(36-34)25-33-20-10-22-35(37-33)31-18-8-16-29(24-31)27-13-5-2-6-14-27/h1-24H,25H2. The van der Waals surface area contributed by atoms with E-state index >= 15 is 0 Å². The van der Waals surface area contributed by atoms with Crippen LogP contribution >= 0.6 is 0 Å². The minimum atomic E-state index is 0.679. The third-order valence-corrected chi connectivity index (χ3v) is 6.51. The summed E-state index contributed by atoms with van der Waals surface area (Å²) < 4.78 is 0. The summed E-state index contributed by atoms with van der Waals surface area (Å²) in [6, 6.07) is 50.5. The van der Waals surface area contributed by atoms with Crippen molar-refractivity contribution in [1.82, 2.24) is 9.97 Å². The number of pyridine rings is 2. The van der Waals surface area contributed by atoms with E-state index in [-0.39, 0.29) is 0 Å². The molecule has 4 aromatic carbocycles. The van der Waals surface area contributed by atoms with Gasteiger partial charge in [0.1, 0.15) is 0 Å². The molecule has 0 N–H and O–H groups in total. The van der Waals surface area contributed by atoms with Crippen LogP contribution in [0, 0.1) is 0 Å². The molecular weight excluding hydrogens is 448 g/mol. The molecule has 0 unspecified atom stereocenters. The van der Waals surface area contributed by atoms with Gasteiger partial charge in [0, 0.05) is 28.9 Å². The normalized spacial score (nSPS) is 10.8. The lowest BCUT2D eigenvalue weighted by atomic mass is 10.0. The molecule has 0 saturated carbocycles. The molecule has 0 bridgehead atoms. The summed E-state index contributed by atoms with van der Waals surface area (Å²) in [5.41, 5.74) is 11.0. The molecule has 2 aromatic heterocycles. The first kappa shape index (κ1) is 22.6. The first-order valence-electron chi connectivity index (χ1n) is 12.6. The highest BCUT2D eigenvalue weighted by Gasteiger charge is 2.08. The van der Waals surface area contributed by atoms with E-state index in [1.54, 1.807) is 0 Å². The molecule has 0 aliphatic heterocycles. The van der Waals surface area contributed by atoms with Crippen molar-refractivity contribution in [2.75, 3.05) is 0 Å². The number of aromatic nitrogens is 2. The lowest BCUT2D eigenvalue weighted by molar-refractivity contribution is 1.02. The van der Waals surface area contributed by atoms with Crippen molar-refractivity contribution in [3.05, 3.63) is 157 Å². The Morgan fingerprint density at radius 2 is 0.703 bits per heavy atom. The molecule has 0 radical (unpaired) electrons. The fourth-order valence-electron chi connectivity index (χ4n) is 4.64. The monoisotopic (exact) mass is 474 g/mol. The second-order valence-corrected chi connectivity index (χ2v) is 9.10. The third kappa shape index (κ3) is 5.24. The molecule has 2 heteroatoms.